The Labute approximate surface area is 127 Å². The second kappa shape index (κ2) is 12.6. The predicted molar refractivity (Wildman–Crippen MR) is 88.2 cm³/mol. The maximum absolute atomic E-state index is 5.65. The first-order valence-corrected chi connectivity index (χ1v) is 9.19. The minimum atomic E-state index is 0.695. The molecule has 1 aliphatic rings. The lowest BCUT2D eigenvalue weighted by Crippen LogP contribution is -2.40. The zero-order valence-electron chi connectivity index (χ0n) is 14.0. The highest BCUT2D eigenvalue weighted by molar-refractivity contribution is 4.78. The van der Waals surface area contributed by atoms with Crippen LogP contribution in [0.25, 0.3) is 0 Å². The summed E-state index contributed by atoms with van der Waals surface area (Å²) >= 11 is 0. The Morgan fingerprint density at radius 3 is 2.30 bits per heavy atom. The van der Waals surface area contributed by atoms with Gasteiger partial charge in [-0.3, -0.25) is 0 Å². The summed E-state index contributed by atoms with van der Waals surface area (Å²) in [6.45, 7) is 7.57. The van der Waals surface area contributed by atoms with Crippen LogP contribution in [0.1, 0.15) is 84.5 Å². The average molecular weight is 284 g/mol. The SMILES string of the molecule is CCCCCCCCCCC(NCC)C1CCCOC1. The molecule has 0 bridgehead atoms. The van der Waals surface area contributed by atoms with Crippen LogP contribution in [0.5, 0.6) is 0 Å². The van der Waals surface area contributed by atoms with E-state index in [2.05, 4.69) is 19.2 Å². The van der Waals surface area contributed by atoms with Gasteiger partial charge in [0.15, 0.2) is 0 Å². The largest absolute Gasteiger partial charge is 0.381 e. The Morgan fingerprint density at radius 2 is 1.70 bits per heavy atom. The third-order valence-corrected chi connectivity index (χ3v) is 4.60. The van der Waals surface area contributed by atoms with Crippen molar-refractivity contribution in [2.45, 2.75) is 90.5 Å². The summed E-state index contributed by atoms with van der Waals surface area (Å²) in [6, 6.07) is 0.695. The third kappa shape index (κ3) is 8.26. The number of rotatable bonds is 12. The Bertz CT molecular complexity index is 202. The van der Waals surface area contributed by atoms with Crippen LogP contribution in [0.2, 0.25) is 0 Å². The minimum absolute atomic E-state index is 0.695. The molecule has 1 heterocycles. The molecule has 2 atom stereocenters. The first-order chi connectivity index (χ1) is 9.88. The highest BCUT2D eigenvalue weighted by atomic mass is 16.5. The van der Waals surface area contributed by atoms with Gasteiger partial charge in [-0.1, -0.05) is 65.2 Å². The molecule has 0 spiro atoms. The van der Waals surface area contributed by atoms with Gasteiger partial charge in [-0.15, -0.1) is 0 Å². The molecule has 20 heavy (non-hydrogen) atoms. The van der Waals surface area contributed by atoms with Crippen molar-refractivity contribution in [1.29, 1.82) is 0 Å². The molecule has 0 radical (unpaired) electrons. The fraction of sp³-hybridized carbons (Fsp3) is 1.00. The number of ether oxygens (including phenoxy) is 1. The summed E-state index contributed by atoms with van der Waals surface area (Å²) in [7, 11) is 0. The number of nitrogens with one attached hydrogen (secondary N) is 1. The molecular formula is C18H37NO. The third-order valence-electron chi connectivity index (χ3n) is 4.60. The van der Waals surface area contributed by atoms with Crippen molar-refractivity contribution in [1.82, 2.24) is 5.32 Å². The normalized spacial score (nSPS) is 21.0. The van der Waals surface area contributed by atoms with E-state index < -0.39 is 0 Å². The minimum Gasteiger partial charge on any atom is -0.381 e. The maximum Gasteiger partial charge on any atom is 0.0509 e. The number of hydrogen-bond acceptors (Lipinski definition) is 2. The van der Waals surface area contributed by atoms with Gasteiger partial charge in [0.25, 0.3) is 0 Å². The summed E-state index contributed by atoms with van der Waals surface area (Å²) in [5.41, 5.74) is 0. The van der Waals surface area contributed by atoms with Gasteiger partial charge in [-0.2, -0.15) is 0 Å². The second-order valence-electron chi connectivity index (χ2n) is 6.40. The zero-order valence-corrected chi connectivity index (χ0v) is 14.0. The van der Waals surface area contributed by atoms with Gasteiger partial charge >= 0.3 is 0 Å². The lowest BCUT2D eigenvalue weighted by Gasteiger charge is -2.31. The van der Waals surface area contributed by atoms with E-state index in [1.54, 1.807) is 0 Å². The Balaban J connectivity index is 2.03. The topological polar surface area (TPSA) is 21.3 Å². The van der Waals surface area contributed by atoms with Gasteiger partial charge in [-0.25, -0.2) is 0 Å². The Kier molecular flexibility index (Phi) is 11.4. The van der Waals surface area contributed by atoms with Crippen LogP contribution in [0, 0.1) is 5.92 Å². The Morgan fingerprint density at radius 1 is 1.00 bits per heavy atom. The molecule has 0 saturated carbocycles. The molecule has 1 rings (SSSR count). The van der Waals surface area contributed by atoms with Gasteiger partial charge in [0.2, 0.25) is 0 Å². The van der Waals surface area contributed by atoms with Gasteiger partial charge < -0.3 is 10.1 Å². The van der Waals surface area contributed by atoms with Crippen molar-refractivity contribution >= 4 is 0 Å². The van der Waals surface area contributed by atoms with Gasteiger partial charge in [0.05, 0.1) is 6.61 Å². The van der Waals surface area contributed by atoms with E-state index in [1.165, 1.54) is 70.6 Å². The van der Waals surface area contributed by atoms with Gasteiger partial charge in [0, 0.05) is 12.6 Å². The summed E-state index contributed by atoms with van der Waals surface area (Å²) in [4.78, 5) is 0. The van der Waals surface area contributed by atoms with Crippen molar-refractivity contribution in [2.24, 2.45) is 5.92 Å². The van der Waals surface area contributed by atoms with Crippen LogP contribution < -0.4 is 5.32 Å². The number of unbranched alkanes of at least 4 members (excludes halogenated alkanes) is 7. The first-order valence-electron chi connectivity index (χ1n) is 9.19. The molecule has 1 aliphatic heterocycles. The zero-order chi connectivity index (χ0) is 14.5. The van der Waals surface area contributed by atoms with E-state index in [0.29, 0.717) is 6.04 Å². The molecule has 0 aromatic rings. The van der Waals surface area contributed by atoms with E-state index in [0.717, 1.165) is 25.7 Å². The van der Waals surface area contributed by atoms with Crippen LogP contribution in [0.15, 0.2) is 0 Å². The molecule has 120 valence electrons. The van der Waals surface area contributed by atoms with Crippen LogP contribution in [0.4, 0.5) is 0 Å². The van der Waals surface area contributed by atoms with Crippen molar-refractivity contribution in [3.8, 4) is 0 Å². The fourth-order valence-corrected chi connectivity index (χ4v) is 3.35. The van der Waals surface area contributed by atoms with Crippen LogP contribution in [0.3, 0.4) is 0 Å². The molecule has 2 nitrogen and oxygen atoms in total. The standard InChI is InChI=1S/C18H37NO/c1-3-5-6-7-8-9-10-11-14-18(19-4-2)17-13-12-15-20-16-17/h17-19H,3-16H2,1-2H3. The van der Waals surface area contributed by atoms with E-state index in [1.807, 2.05) is 0 Å². The Hall–Kier alpha value is -0.0800. The lowest BCUT2D eigenvalue weighted by atomic mass is 9.90. The van der Waals surface area contributed by atoms with Crippen molar-refractivity contribution in [3.05, 3.63) is 0 Å². The molecule has 1 saturated heterocycles. The molecule has 2 unspecified atom stereocenters. The highest BCUT2D eigenvalue weighted by Gasteiger charge is 2.22. The summed E-state index contributed by atoms with van der Waals surface area (Å²) in [6.07, 6.45) is 15.3. The average Bonchev–Trinajstić information content (AvgIpc) is 2.50. The van der Waals surface area contributed by atoms with E-state index in [9.17, 15) is 0 Å². The summed E-state index contributed by atoms with van der Waals surface area (Å²) in [5.74, 6) is 0.758. The van der Waals surface area contributed by atoms with Gasteiger partial charge in [0.1, 0.15) is 0 Å². The number of hydrogen-bond donors (Lipinski definition) is 1. The van der Waals surface area contributed by atoms with E-state index in [4.69, 9.17) is 4.74 Å². The smallest absolute Gasteiger partial charge is 0.0509 e. The first kappa shape index (κ1) is 18.0. The molecular weight excluding hydrogens is 246 g/mol. The van der Waals surface area contributed by atoms with Gasteiger partial charge in [-0.05, 0) is 31.7 Å². The monoisotopic (exact) mass is 283 g/mol. The molecule has 0 amide bonds. The lowest BCUT2D eigenvalue weighted by molar-refractivity contribution is 0.0378. The van der Waals surface area contributed by atoms with Crippen molar-refractivity contribution in [3.63, 3.8) is 0 Å². The van der Waals surface area contributed by atoms with Crippen LogP contribution >= 0.6 is 0 Å². The molecule has 2 heteroatoms. The molecule has 1 fully saturated rings. The molecule has 0 aromatic carbocycles. The molecule has 1 N–H and O–H groups in total. The second-order valence-corrected chi connectivity index (χ2v) is 6.40. The fourth-order valence-electron chi connectivity index (χ4n) is 3.35. The van der Waals surface area contributed by atoms with E-state index >= 15 is 0 Å². The highest BCUT2D eigenvalue weighted by Crippen LogP contribution is 2.21. The predicted octanol–water partition coefficient (Wildman–Crippen LogP) is 4.92. The molecule has 0 aromatic heterocycles. The summed E-state index contributed by atoms with van der Waals surface area (Å²) < 4.78 is 5.65. The quantitative estimate of drug-likeness (QED) is 0.513. The van der Waals surface area contributed by atoms with Crippen LogP contribution in [-0.2, 0) is 4.74 Å². The van der Waals surface area contributed by atoms with Crippen molar-refractivity contribution in [2.75, 3.05) is 19.8 Å². The molecule has 0 aliphatic carbocycles. The maximum atomic E-state index is 5.65. The van der Waals surface area contributed by atoms with Crippen LogP contribution in [-0.4, -0.2) is 25.8 Å². The summed E-state index contributed by atoms with van der Waals surface area (Å²) in [5, 5.41) is 3.69. The van der Waals surface area contributed by atoms with Crippen molar-refractivity contribution < 1.29 is 4.74 Å². The van der Waals surface area contributed by atoms with E-state index in [-0.39, 0.29) is 0 Å².